The maximum atomic E-state index is 12.9. The van der Waals surface area contributed by atoms with Gasteiger partial charge in [0.05, 0.1) is 19.8 Å². The van der Waals surface area contributed by atoms with Crippen LogP contribution in [0.2, 0.25) is 0 Å². The molecule has 0 aliphatic carbocycles. The highest BCUT2D eigenvalue weighted by molar-refractivity contribution is 7.47. The summed E-state index contributed by atoms with van der Waals surface area (Å²) < 4.78 is 39.5. The van der Waals surface area contributed by atoms with Gasteiger partial charge in [-0.3, -0.25) is 23.4 Å². The van der Waals surface area contributed by atoms with Crippen LogP contribution in [0, 0.1) is 0 Å². The molecule has 0 saturated carbocycles. The summed E-state index contributed by atoms with van der Waals surface area (Å²) in [5, 5.41) is 9.79. The van der Waals surface area contributed by atoms with Gasteiger partial charge in [-0.1, -0.05) is 218 Å². The lowest BCUT2D eigenvalue weighted by Gasteiger charge is -2.21. The third kappa shape index (κ3) is 50.6. The van der Waals surface area contributed by atoms with Crippen molar-refractivity contribution in [1.29, 1.82) is 0 Å². The molecule has 0 heterocycles. The molecule has 0 bridgehead atoms. The molecule has 70 heavy (non-hydrogen) atoms. The van der Waals surface area contributed by atoms with Gasteiger partial charge in [0.2, 0.25) is 0 Å². The van der Waals surface area contributed by atoms with E-state index < -0.39 is 57.8 Å². The van der Waals surface area contributed by atoms with Crippen molar-refractivity contribution in [2.45, 2.75) is 290 Å². The minimum atomic E-state index is -4.74. The minimum absolute atomic E-state index is 0.159. The molecule has 0 saturated heterocycles. The maximum Gasteiger partial charge on any atom is 0.472 e. The molecule has 0 aromatic heterocycles. The second kappa shape index (κ2) is 53.0. The van der Waals surface area contributed by atoms with Crippen molar-refractivity contribution in [3.8, 4) is 0 Å². The molecule has 0 fully saturated rings. The molecule has 3 atom stereocenters. The lowest BCUT2D eigenvalue weighted by Crippen LogP contribution is -2.30. The van der Waals surface area contributed by atoms with Crippen molar-refractivity contribution >= 4 is 25.7 Å². The van der Waals surface area contributed by atoms with Crippen molar-refractivity contribution in [3.05, 3.63) is 36.5 Å². The Morgan fingerprint density at radius 1 is 0.400 bits per heavy atom. The Morgan fingerprint density at radius 3 is 1.10 bits per heavy atom. The van der Waals surface area contributed by atoms with Crippen LogP contribution in [-0.2, 0) is 42.2 Å². The molecule has 0 aliphatic rings. The van der Waals surface area contributed by atoms with E-state index in [1.807, 2.05) is 0 Å². The molecule has 3 unspecified atom stereocenters. The highest BCUT2D eigenvalue weighted by Gasteiger charge is 2.28. The lowest BCUT2D eigenvalue weighted by molar-refractivity contribution is -0.161. The quantitative estimate of drug-likeness (QED) is 0.0197. The zero-order valence-electron chi connectivity index (χ0n) is 45.2. The number of rotatable bonds is 54. The number of ether oxygens (including phenoxy) is 3. The number of allylic oxidation sites excluding steroid dienone is 6. The normalized spacial score (nSPS) is 13.6. The average molecular weight is 1010 g/mol. The Kier molecular flexibility index (Phi) is 51.3. The van der Waals surface area contributed by atoms with Crippen molar-refractivity contribution in [2.75, 3.05) is 26.4 Å². The number of aliphatic hydroxyl groups is 1. The first-order valence-corrected chi connectivity index (χ1v) is 30.4. The number of phosphoric acid groups is 1. The van der Waals surface area contributed by atoms with E-state index in [-0.39, 0.29) is 25.9 Å². The molecule has 0 amide bonds. The van der Waals surface area contributed by atoms with Gasteiger partial charge < -0.3 is 24.2 Å². The monoisotopic (exact) mass is 1010 g/mol. The molecule has 410 valence electrons. The molecule has 0 rings (SSSR count). The van der Waals surface area contributed by atoms with Crippen LogP contribution < -0.4 is 0 Å². The lowest BCUT2D eigenvalue weighted by atomic mass is 10.1. The van der Waals surface area contributed by atoms with Crippen LogP contribution in [-0.4, -0.2) is 66.5 Å². The molecule has 0 aliphatic heterocycles. The summed E-state index contributed by atoms with van der Waals surface area (Å²) in [6, 6.07) is 0. The number of carbonyl (C=O) groups excluding carboxylic acids is 3. The molecule has 0 aromatic carbocycles. The molecule has 2 N–H and O–H groups in total. The van der Waals surface area contributed by atoms with E-state index >= 15 is 0 Å². The Labute approximate surface area is 429 Å². The fourth-order valence-electron chi connectivity index (χ4n) is 8.09. The van der Waals surface area contributed by atoms with Gasteiger partial charge in [-0.2, -0.15) is 0 Å². The summed E-state index contributed by atoms with van der Waals surface area (Å²) in [4.78, 5) is 48.5. The number of phosphoric ester groups is 1. The first-order valence-electron chi connectivity index (χ1n) is 28.9. The summed E-state index contributed by atoms with van der Waals surface area (Å²) in [6.45, 7) is 4.62. The Morgan fingerprint density at radius 2 is 0.700 bits per heavy atom. The Hall–Kier alpha value is -2.30. The smallest absolute Gasteiger partial charge is 0.462 e. The first-order chi connectivity index (χ1) is 34.2. The number of hydrogen-bond acceptors (Lipinski definition) is 10. The van der Waals surface area contributed by atoms with Gasteiger partial charge in [-0.15, -0.1) is 0 Å². The molecule has 0 aromatic rings. The topological polar surface area (TPSA) is 155 Å². The molecule has 12 heteroatoms. The van der Waals surface area contributed by atoms with E-state index in [0.717, 1.165) is 89.9 Å². The Balaban J connectivity index is 4.72. The van der Waals surface area contributed by atoms with Crippen LogP contribution in [0.4, 0.5) is 0 Å². The van der Waals surface area contributed by atoms with Gasteiger partial charge >= 0.3 is 25.7 Å². The second-order valence-electron chi connectivity index (χ2n) is 19.5. The van der Waals surface area contributed by atoms with Gasteiger partial charge in [0.1, 0.15) is 12.7 Å². The summed E-state index contributed by atoms with van der Waals surface area (Å²) >= 11 is 0. The zero-order valence-corrected chi connectivity index (χ0v) is 46.1. The number of esters is 3. The van der Waals surface area contributed by atoms with Gasteiger partial charge in [0.25, 0.3) is 0 Å². The molecular weight excluding hydrogens is 904 g/mol. The van der Waals surface area contributed by atoms with Gasteiger partial charge in [0, 0.05) is 19.3 Å². The van der Waals surface area contributed by atoms with Crippen LogP contribution >= 0.6 is 7.82 Å². The maximum absolute atomic E-state index is 12.9. The second-order valence-corrected chi connectivity index (χ2v) is 20.9. The summed E-state index contributed by atoms with van der Waals surface area (Å²) in [6.07, 6.45) is 53.8. The van der Waals surface area contributed by atoms with Gasteiger partial charge in [-0.25, -0.2) is 4.57 Å². The number of hydrogen-bond donors (Lipinski definition) is 2. The van der Waals surface area contributed by atoms with E-state index in [4.69, 9.17) is 23.3 Å². The largest absolute Gasteiger partial charge is 0.472 e. The number of unbranched alkanes of at least 4 members (excludes halogenated alkanes) is 31. The fourth-order valence-corrected chi connectivity index (χ4v) is 8.87. The van der Waals surface area contributed by atoms with E-state index in [2.05, 4.69) is 57.2 Å². The number of carbonyl (C=O) groups is 3. The van der Waals surface area contributed by atoms with Crippen LogP contribution in [0.15, 0.2) is 36.5 Å². The van der Waals surface area contributed by atoms with Crippen LogP contribution in [0.25, 0.3) is 0 Å². The minimum Gasteiger partial charge on any atom is -0.462 e. The highest BCUT2D eigenvalue weighted by Crippen LogP contribution is 2.43. The summed E-state index contributed by atoms with van der Waals surface area (Å²) in [5.41, 5.74) is 0. The van der Waals surface area contributed by atoms with Crippen LogP contribution in [0.1, 0.15) is 278 Å². The third-order valence-corrected chi connectivity index (χ3v) is 13.5. The summed E-state index contributed by atoms with van der Waals surface area (Å²) in [5.74, 6) is -1.47. The third-order valence-electron chi connectivity index (χ3n) is 12.5. The average Bonchev–Trinajstić information content (AvgIpc) is 3.35. The van der Waals surface area contributed by atoms with Crippen molar-refractivity contribution < 1.29 is 52.2 Å². The van der Waals surface area contributed by atoms with Gasteiger partial charge in [0.15, 0.2) is 6.10 Å². The Bertz CT molecular complexity index is 1320. The van der Waals surface area contributed by atoms with E-state index in [9.17, 15) is 28.9 Å². The molecular formula is C58H107O11P. The molecule has 0 radical (unpaired) electrons. The molecule has 11 nitrogen and oxygen atoms in total. The van der Waals surface area contributed by atoms with Crippen molar-refractivity contribution in [3.63, 3.8) is 0 Å². The van der Waals surface area contributed by atoms with E-state index in [0.29, 0.717) is 19.3 Å². The predicted molar refractivity (Wildman–Crippen MR) is 289 cm³/mol. The van der Waals surface area contributed by atoms with Crippen LogP contribution in [0.3, 0.4) is 0 Å². The van der Waals surface area contributed by atoms with E-state index in [1.165, 1.54) is 128 Å². The first kappa shape index (κ1) is 67.7. The van der Waals surface area contributed by atoms with Crippen molar-refractivity contribution in [2.24, 2.45) is 0 Å². The van der Waals surface area contributed by atoms with Crippen LogP contribution in [0.5, 0.6) is 0 Å². The van der Waals surface area contributed by atoms with Gasteiger partial charge in [-0.05, 0) is 77.0 Å². The van der Waals surface area contributed by atoms with Crippen molar-refractivity contribution in [1.82, 2.24) is 0 Å². The predicted octanol–water partition coefficient (Wildman–Crippen LogP) is 16.8. The standard InChI is InChI=1S/C58H107O11P/c1-4-7-10-13-16-19-22-24-26-27-29-30-33-35-38-41-44-47-56(60)65-51-55(69-58(62)49-46-43-40-37-34-31-28-25-23-20-17-14-11-8-5-2)53-67-70(63,64)66-52-54(50-59)68-57(61)48-45-42-39-36-32-21-18-15-12-9-6-3/h16,19,24-26,28,54-55,59H,4-15,17-18,20-23,27,29-53H2,1-3H3,(H,63,64)/b19-16-,26-24-,28-25-. The van der Waals surface area contributed by atoms with E-state index in [1.54, 1.807) is 0 Å². The fraction of sp³-hybridized carbons (Fsp3) is 0.845. The SMILES string of the molecule is CCCCC/C=C\C/C=C\CCCCCCCCCC(=O)OCC(COP(=O)(O)OCC(CO)OC(=O)CCCCCCCCCCCCC)OC(=O)CCCCCCC/C=C\CCCCCCCC. The summed E-state index contributed by atoms with van der Waals surface area (Å²) in [7, 11) is -4.74. The highest BCUT2D eigenvalue weighted by atomic mass is 31.2. The zero-order chi connectivity index (χ0) is 51.3. The number of aliphatic hydroxyl groups excluding tert-OH is 1. The molecule has 0 spiro atoms.